The number of nitrogens with one attached hydrogen (secondary N) is 1. The smallest absolute Gasteiger partial charge is 0.342 e. The molecular formula is C19H18ClNO3. The lowest BCUT2D eigenvalue weighted by atomic mass is 10.2. The van der Waals surface area contributed by atoms with Gasteiger partial charge in [-0.05, 0) is 25.1 Å². The van der Waals surface area contributed by atoms with E-state index in [1.54, 1.807) is 37.4 Å². The molecule has 0 unspecified atom stereocenters. The highest BCUT2D eigenvalue weighted by Crippen LogP contribution is 2.16. The molecule has 0 aliphatic rings. The molecule has 0 aromatic carbocycles. The number of aromatic amines is 1. The van der Waals surface area contributed by atoms with Gasteiger partial charge in [0.05, 0.1) is 23.4 Å². The quantitative estimate of drug-likeness (QED) is 0.768. The van der Waals surface area contributed by atoms with Crippen LogP contribution in [0.1, 0.15) is 17.0 Å². The third-order valence-corrected chi connectivity index (χ3v) is 3.51. The van der Waals surface area contributed by atoms with Crippen LogP contribution in [-0.2, 0) is 0 Å². The summed E-state index contributed by atoms with van der Waals surface area (Å²) in [7, 11) is 1.52. The Balaban J connectivity index is 1.92. The molecule has 2 aromatic heterocycles. The van der Waals surface area contributed by atoms with Crippen LogP contribution in [0.15, 0.2) is 64.0 Å². The second-order valence-corrected chi connectivity index (χ2v) is 5.26. The molecule has 0 aliphatic carbocycles. The number of rotatable bonds is 6. The van der Waals surface area contributed by atoms with Gasteiger partial charge in [0, 0.05) is 12.3 Å². The molecule has 2 rings (SSSR count). The van der Waals surface area contributed by atoms with Crippen LogP contribution in [0.25, 0.3) is 12.2 Å². The van der Waals surface area contributed by atoms with Gasteiger partial charge in [-0.25, -0.2) is 4.79 Å². The van der Waals surface area contributed by atoms with Crippen molar-refractivity contribution in [2.75, 3.05) is 7.11 Å². The Kier molecular flexibility index (Phi) is 6.46. The SMILES string of the molecule is COc1cc(/C=C/C=C/C=C/C=C/c2[nH]ccc2Cl)oc(=O)c1C. The molecule has 24 heavy (non-hydrogen) atoms. The molecule has 4 nitrogen and oxygen atoms in total. The fourth-order valence-corrected chi connectivity index (χ4v) is 2.08. The monoisotopic (exact) mass is 343 g/mol. The summed E-state index contributed by atoms with van der Waals surface area (Å²) < 4.78 is 10.3. The van der Waals surface area contributed by atoms with E-state index in [1.807, 2.05) is 36.5 Å². The van der Waals surface area contributed by atoms with Gasteiger partial charge in [0.15, 0.2) is 0 Å². The predicted molar refractivity (Wildman–Crippen MR) is 98.4 cm³/mol. The topological polar surface area (TPSA) is 55.2 Å². The van der Waals surface area contributed by atoms with E-state index in [2.05, 4.69) is 4.98 Å². The molecule has 5 heteroatoms. The summed E-state index contributed by atoms with van der Waals surface area (Å²) >= 11 is 5.95. The molecule has 0 radical (unpaired) electrons. The minimum atomic E-state index is -0.397. The average Bonchev–Trinajstić information content (AvgIpc) is 2.98. The summed E-state index contributed by atoms with van der Waals surface area (Å²) in [6, 6.07) is 3.48. The van der Waals surface area contributed by atoms with Gasteiger partial charge < -0.3 is 14.1 Å². The van der Waals surface area contributed by atoms with Crippen molar-refractivity contribution in [2.24, 2.45) is 0 Å². The van der Waals surface area contributed by atoms with E-state index >= 15 is 0 Å². The van der Waals surface area contributed by atoms with Crippen LogP contribution in [0.3, 0.4) is 0 Å². The molecule has 0 fully saturated rings. The van der Waals surface area contributed by atoms with Gasteiger partial charge in [0.2, 0.25) is 0 Å². The molecule has 2 aromatic rings. The van der Waals surface area contributed by atoms with E-state index in [0.29, 0.717) is 22.1 Å². The van der Waals surface area contributed by atoms with Crippen molar-refractivity contribution in [3.63, 3.8) is 0 Å². The normalized spacial score (nSPS) is 12.3. The summed E-state index contributed by atoms with van der Waals surface area (Å²) in [6.07, 6.45) is 16.5. The molecule has 1 N–H and O–H groups in total. The lowest BCUT2D eigenvalue weighted by Gasteiger charge is -2.02. The Morgan fingerprint density at radius 3 is 2.42 bits per heavy atom. The van der Waals surface area contributed by atoms with Gasteiger partial charge in [-0.2, -0.15) is 0 Å². The van der Waals surface area contributed by atoms with Gasteiger partial charge >= 0.3 is 5.63 Å². The number of H-pyrrole nitrogens is 1. The van der Waals surface area contributed by atoms with Crippen LogP contribution in [0.4, 0.5) is 0 Å². The number of halogens is 1. The average molecular weight is 344 g/mol. The van der Waals surface area contributed by atoms with E-state index in [9.17, 15) is 4.79 Å². The van der Waals surface area contributed by atoms with Crippen LogP contribution < -0.4 is 10.4 Å². The first-order valence-electron chi connectivity index (χ1n) is 7.31. The Labute approximate surface area is 145 Å². The minimum absolute atomic E-state index is 0.397. The van der Waals surface area contributed by atoms with Gasteiger partial charge in [-0.15, -0.1) is 0 Å². The number of aromatic nitrogens is 1. The van der Waals surface area contributed by atoms with Crippen molar-refractivity contribution in [1.29, 1.82) is 0 Å². The molecule has 124 valence electrons. The second kappa shape index (κ2) is 8.79. The number of hydrogen-bond donors (Lipinski definition) is 1. The largest absolute Gasteiger partial charge is 0.496 e. The molecule has 0 spiro atoms. The van der Waals surface area contributed by atoms with Crippen molar-refractivity contribution in [3.05, 3.63) is 87.2 Å². The third kappa shape index (κ3) is 4.89. The van der Waals surface area contributed by atoms with E-state index in [-0.39, 0.29) is 0 Å². The van der Waals surface area contributed by atoms with E-state index in [4.69, 9.17) is 20.8 Å². The van der Waals surface area contributed by atoms with Crippen molar-refractivity contribution >= 4 is 23.8 Å². The third-order valence-electron chi connectivity index (χ3n) is 3.18. The highest BCUT2D eigenvalue weighted by atomic mass is 35.5. The van der Waals surface area contributed by atoms with Crippen molar-refractivity contribution in [3.8, 4) is 5.75 Å². The maximum absolute atomic E-state index is 11.6. The first kappa shape index (κ1) is 17.6. The number of allylic oxidation sites excluding steroid dienone is 6. The summed E-state index contributed by atoms with van der Waals surface area (Å²) in [5.41, 5.74) is 0.932. The molecule has 0 bridgehead atoms. The van der Waals surface area contributed by atoms with Gasteiger partial charge in [0.1, 0.15) is 11.5 Å². The molecule has 0 saturated heterocycles. The highest BCUT2D eigenvalue weighted by Gasteiger charge is 2.05. The molecular weight excluding hydrogens is 326 g/mol. The summed E-state index contributed by atoms with van der Waals surface area (Å²) in [4.78, 5) is 14.6. The Morgan fingerprint density at radius 1 is 1.12 bits per heavy atom. The number of ether oxygens (including phenoxy) is 1. The van der Waals surface area contributed by atoms with Gasteiger partial charge in [-0.3, -0.25) is 0 Å². The van der Waals surface area contributed by atoms with Crippen LogP contribution in [0.2, 0.25) is 5.02 Å². The molecule has 0 saturated carbocycles. The summed E-state index contributed by atoms with van der Waals surface area (Å²) in [5.74, 6) is 0.959. The summed E-state index contributed by atoms with van der Waals surface area (Å²) in [6.45, 7) is 1.66. The molecule has 0 aliphatic heterocycles. The van der Waals surface area contributed by atoms with Crippen LogP contribution >= 0.6 is 11.6 Å². The Hall–Kier alpha value is -2.72. The zero-order valence-electron chi connectivity index (χ0n) is 13.5. The lowest BCUT2D eigenvalue weighted by Crippen LogP contribution is -2.05. The van der Waals surface area contributed by atoms with E-state index in [1.165, 1.54) is 7.11 Å². The minimum Gasteiger partial charge on any atom is -0.496 e. The predicted octanol–water partition coefficient (Wildman–Crippen LogP) is 4.78. The maximum atomic E-state index is 11.6. The maximum Gasteiger partial charge on any atom is 0.342 e. The van der Waals surface area contributed by atoms with Crippen molar-refractivity contribution in [1.82, 2.24) is 4.98 Å². The molecule has 0 atom stereocenters. The number of methoxy groups -OCH3 is 1. The Bertz CT molecular complexity index is 854. The van der Waals surface area contributed by atoms with Crippen LogP contribution in [-0.4, -0.2) is 12.1 Å². The molecule has 0 amide bonds. The highest BCUT2D eigenvalue weighted by molar-refractivity contribution is 6.31. The lowest BCUT2D eigenvalue weighted by molar-refractivity contribution is 0.395. The van der Waals surface area contributed by atoms with E-state index in [0.717, 1.165) is 5.69 Å². The second-order valence-electron chi connectivity index (χ2n) is 4.86. The standard InChI is InChI=1S/C19H18ClNO3/c1-14-18(23-2)13-15(24-19(14)22)9-7-5-3-4-6-8-10-17-16(20)11-12-21-17/h3-13,21H,1-2H3/b5-3+,6-4+,9-7+,10-8+. The fourth-order valence-electron chi connectivity index (χ4n) is 1.90. The van der Waals surface area contributed by atoms with Crippen molar-refractivity contribution in [2.45, 2.75) is 6.92 Å². The fraction of sp³-hybridized carbons (Fsp3) is 0.105. The zero-order valence-corrected chi connectivity index (χ0v) is 14.2. The Morgan fingerprint density at radius 2 is 1.79 bits per heavy atom. The van der Waals surface area contributed by atoms with Gasteiger partial charge in [0.25, 0.3) is 0 Å². The van der Waals surface area contributed by atoms with Crippen LogP contribution in [0.5, 0.6) is 5.75 Å². The first-order valence-corrected chi connectivity index (χ1v) is 7.69. The van der Waals surface area contributed by atoms with Gasteiger partial charge in [-0.1, -0.05) is 48.1 Å². The summed E-state index contributed by atoms with van der Waals surface area (Å²) in [5, 5.41) is 0.688. The zero-order chi connectivity index (χ0) is 17.4. The van der Waals surface area contributed by atoms with Crippen LogP contribution in [0, 0.1) is 6.92 Å². The number of hydrogen-bond acceptors (Lipinski definition) is 3. The first-order chi connectivity index (χ1) is 11.6. The van der Waals surface area contributed by atoms with Crippen molar-refractivity contribution < 1.29 is 9.15 Å². The van der Waals surface area contributed by atoms with E-state index < -0.39 is 5.63 Å². The molecule has 2 heterocycles.